The van der Waals surface area contributed by atoms with E-state index < -0.39 is 0 Å². The molecule has 1 atom stereocenters. The van der Waals surface area contributed by atoms with Gasteiger partial charge in [0.2, 0.25) is 5.91 Å². The SMILES string of the molecule is CC1CCCCN(O)C1=O. The first-order chi connectivity index (χ1) is 4.72. The predicted molar refractivity (Wildman–Crippen MR) is 36.5 cm³/mol. The molecule has 1 unspecified atom stereocenters. The van der Waals surface area contributed by atoms with Crippen molar-refractivity contribution >= 4 is 5.91 Å². The molecular formula is C7H13NO2. The molecule has 3 nitrogen and oxygen atoms in total. The van der Waals surface area contributed by atoms with Crippen LogP contribution < -0.4 is 0 Å². The molecule has 1 fully saturated rings. The maximum Gasteiger partial charge on any atom is 0.248 e. The molecule has 1 heterocycles. The predicted octanol–water partition coefficient (Wildman–Crippen LogP) is 1.02. The fraction of sp³-hybridized carbons (Fsp3) is 0.857. The average Bonchev–Trinajstić information content (AvgIpc) is 2.04. The van der Waals surface area contributed by atoms with E-state index in [1.807, 2.05) is 6.92 Å². The van der Waals surface area contributed by atoms with E-state index in [4.69, 9.17) is 5.21 Å². The van der Waals surface area contributed by atoms with Gasteiger partial charge in [-0.05, 0) is 12.8 Å². The number of hydroxylamine groups is 2. The maximum absolute atomic E-state index is 11.0. The monoisotopic (exact) mass is 143 g/mol. The lowest BCUT2D eigenvalue weighted by Crippen LogP contribution is -2.30. The zero-order valence-corrected chi connectivity index (χ0v) is 6.21. The summed E-state index contributed by atoms with van der Waals surface area (Å²) < 4.78 is 0. The second kappa shape index (κ2) is 3.01. The van der Waals surface area contributed by atoms with Crippen LogP contribution in [0.25, 0.3) is 0 Å². The van der Waals surface area contributed by atoms with Crippen molar-refractivity contribution in [1.29, 1.82) is 0 Å². The van der Waals surface area contributed by atoms with E-state index >= 15 is 0 Å². The van der Waals surface area contributed by atoms with Crippen LogP contribution in [0.1, 0.15) is 26.2 Å². The first-order valence-electron chi connectivity index (χ1n) is 3.72. The van der Waals surface area contributed by atoms with Crippen LogP contribution in [0, 0.1) is 5.92 Å². The number of hydrogen-bond acceptors (Lipinski definition) is 2. The zero-order chi connectivity index (χ0) is 7.56. The minimum atomic E-state index is -0.127. The third kappa shape index (κ3) is 1.48. The molecule has 1 saturated heterocycles. The van der Waals surface area contributed by atoms with Crippen LogP contribution in [-0.2, 0) is 4.79 Å². The summed E-state index contributed by atoms with van der Waals surface area (Å²) >= 11 is 0. The second-order valence-electron chi connectivity index (χ2n) is 2.86. The first kappa shape index (κ1) is 7.54. The molecule has 10 heavy (non-hydrogen) atoms. The molecule has 1 aliphatic rings. The lowest BCUT2D eigenvalue weighted by molar-refractivity contribution is -0.168. The van der Waals surface area contributed by atoms with Crippen LogP contribution in [-0.4, -0.2) is 22.7 Å². The van der Waals surface area contributed by atoms with Crippen molar-refractivity contribution < 1.29 is 10.0 Å². The molecule has 0 aliphatic carbocycles. The average molecular weight is 143 g/mol. The largest absolute Gasteiger partial charge is 0.286 e. The van der Waals surface area contributed by atoms with Crippen molar-refractivity contribution in [3.8, 4) is 0 Å². The van der Waals surface area contributed by atoms with Gasteiger partial charge in [-0.3, -0.25) is 10.0 Å². The molecule has 58 valence electrons. The van der Waals surface area contributed by atoms with E-state index in [1.54, 1.807) is 0 Å². The summed E-state index contributed by atoms with van der Waals surface area (Å²) in [6, 6.07) is 0. The smallest absolute Gasteiger partial charge is 0.248 e. The van der Waals surface area contributed by atoms with E-state index in [0.29, 0.717) is 6.54 Å². The Labute approximate surface area is 60.6 Å². The quantitative estimate of drug-likeness (QED) is 0.514. The lowest BCUT2D eigenvalue weighted by atomic mass is 10.1. The lowest BCUT2D eigenvalue weighted by Gasteiger charge is -2.13. The zero-order valence-electron chi connectivity index (χ0n) is 6.21. The highest BCUT2D eigenvalue weighted by atomic mass is 16.5. The molecular weight excluding hydrogens is 130 g/mol. The Balaban J connectivity index is 2.55. The summed E-state index contributed by atoms with van der Waals surface area (Å²) in [7, 11) is 0. The molecule has 0 saturated carbocycles. The van der Waals surface area contributed by atoms with Gasteiger partial charge in [0.1, 0.15) is 0 Å². The normalized spacial score (nSPS) is 28.4. The van der Waals surface area contributed by atoms with Crippen molar-refractivity contribution in [2.45, 2.75) is 26.2 Å². The van der Waals surface area contributed by atoms with Crippen molar-refractivity contribution in [1.82, 2.24) is 5.06 Å². The maximum atomic E-state index is 11.0. The van der Waals surface area contributed by atoms with Gasteiger partial charge in [0.05, 0.1) is 0 Å². The van der Waals surface area contributed by atoms with Gasteiger partial charge in [-0.15, -0.1) is 0 Å². The van der Waals surface area contributed by atoms with Crippen LogP contribution in [0.2, 0.25) is 0 Å². The van der Waals surface area contributed by atoms with Crippen molar-refractivity contribution in [3.05, 3.63) is 0 Å². The molecule has 0 aromatic rings. The summed E-state index contributed by atoms with van der Waals surface area (Å²) in [5.41, 5.74) is 0. The van der Waals surface area contributed by atoms with Gasteiger partial charge < -0.3 is 0 Å². The van der Waals surface area contributed by atoms with Gasteiger partial charge in [-0.25, -0.2) is 5.06 Å². The summed E-state index contributed by atoms with van der Waals surface area (Å²) in [5, 5.41) is 9.86. The van der Waals surface area contributed by atoms with Crippen LogP contribution in [0.4, 0.5) is 0 Å². The van der Waals surface area contributed by atoms with E-state index in [0.717, 1.165) is 24.3 Å². The fourth-order valence-corrected chi connectivity index (χ4v) is 1.20. The van der Waals surface area contributed by atoms with E-state index in [-0.39, 0.29) is 11.8 Å². The molecule has 0 spiro atoms. The number of carbonyl (C=O) groups excluding carboxylic acids is 1. The van der Waals surface area contributed by atoms with Gasteiger partial charge >= 0.3 is 0 Å². The minimum absolute atomic E-state index is 0.00694. The summed E-state index contributed by atoms with van der Waals surface area (Å²) in [6.07, 6.45) is 2.88. The second-order valence-corrected chi connectivity index (χ2v) is 2.86. The number of rotatable bonds is 0. The molecule has 1 rings (SSSR count). The van der Waals surface area contributed by atoms with E-state index in [1.165, 1.54) is 0 Å². The fourth-order valence-electron chi connectivity index (χ4n) is 1.20. The molecule has 1 N–H and O–H groups in total. The Hall–Kier alpha value is -0.570. The van der Waals surface area contributed by atoms with Crippen molar-refractivity contribution in [3.63, 3.8) is 0 Å². The number of hydrogen-bond donors (Lipinski definition) is 1. The topological polar surface area (TPSA) is 40.5 Å². The third-order valence-corrected chi connectivity index (χ3v) is 1.93. The molecule has 0 radical (unpaired) electrons. The highest BCUT2D eigenvalue weighted by Crippen LogP contribution is 2.15. The first-order valence-corrected chi connectivity index (χ1v) is 3.72. The van der Waals surface area contributed by atoms with Crippen LogP contribution in [0.3, 0.4) is 0 Å². The molecule has 0 bridgehead atoms. The molecule has 0 aromatic heterocycles. The highest BCUT2D eigenvalue weighted by molar-refractivity contribution is 5.77. The van der Waals surface area contributed by atoms with E-state index in [2.05, 4.69) is 0 Å². The summed E-state index contributed by atoms with van der Waals surface area (Å²) in [4.78, 5) is 11.0. The van der Waals surface area contributed by atoms with Crippen LogP contribution in [0.5, 0.6) is 0 Å². The Kier molecular flexibility index (Phi) is 2.27. The Morgan fingerprint density at radius 1 is 1.60 bits per heavy atom. The molecule has 3 heteroatoms. The Bertz CT molecular complexity index is 122. The van der Waals surface area contributed by atoms with Gasteiger partial charge in [0.15, 0.2) is 0 Å². The standard InChI is InChI=1S/C7H13NO2/c1-6-4-2-3-5-8(10)7(6)9/h6,10H,2-5H2,1H3. The summed E-state index contributed by atoms with van der Waals surface area (Å²) in [5.74, 6) is -0.120. The van der Waals surface area contributed by atoms with Crippen molar-refractivity contribution in [2.24, 2.45) is 5.92 Å². The summed E-state index contributed by atoms with van der Waals surface area (Å²) in [6.45, 7) is 2.36. The highest BCUT2D eigenvalue weighted by Gasteiger charge is 2.21. The third-order valence-electron chi connectivity index (χ3n) is 1.93. The van der Waals surface area contributed by atoms with Gasteiger partial charge in [-0.2, -0.15) is 0 Å². The minimum Gasteiger partial charge on any atom is -0.286 e. The molecule has 0 aromatic carbocycles. The van der Waals surface area contributed by atoms with Gasteiger partial charge in [0.25, 0.3) is 0 Å². The number of amides is 1. The molecule has 1 amide bonds. The van der Waals surface area contributed by atoms with Gasteiger partial charge in [-0.1, -0.05) is 13.3 Å². The van der Waals surface area contributed by atoms with E-state index in [9.17, 15) is 4.79 Å². The Morgan fingerprint density at radius 2 is 2.30 bits per heavy atom. The van der Waals surface area contributed by atoms with Gasteiger partial charge in [0, 0.05) is 12.5 Å². The number of nitrogens with zero attached hydrogens (tertiary/aromatic N) is 1. The molecule has 1 aliphatic heterocycles. The van der Waals surface area contributed by atoms with Crippen molar-refractivity contribution in [2.75, 3.05) is 6.54 Å². The number of carbonyl (C=O) groups is 1. The Morgan fingerprint density at radius 3 is 3.00 bits per heavy atom. The van der Waals surface area contributed by atoms with Crippen LogP contribution >= 0.6 is 0 Å². The van der Waals surface area contributed by atoms with Crippen LogP contribution in [0.15, 0.2) is 0 Å².